The number of phenols is 1. The van der Waals surface area contributed by atoms with E-state index >= 15 is 9.59 Å². The molecular formula is C71H97N17O20S2. The predicted molar refractivity (Wildman–Crippen MR) is 404 cm³/mol. The Kier molecular flexibility index (Phi) is 35.4. The lowest BCUT2D eigenvalue weighted by Crippen LogP contribution is -2.62. The number of rotatable bonds is 46. The SMILES string of the molecule is CC(=O)N[C@@H](CS)C(=O)N[C@@H](CCC(N)=O)C(=O)N[C@H](C(=O)N[C@@H](Cc1c[nH]c2ccccc12)C(=O)N[C@@H](CCC(N)=O)C(=O)N[C@@H](CS)C(=O)N[C@@H](Cc1ccc(O)cc1)C(=O)N[C@@H](Cc1c[nH]c2ccccc12)C(=O)N[C@@H](CCC(C)C)C(=O)N[C@@H](CCC(=O)O)C(=O)N[C@H](C(=O)NCC(N)=O)[C@@H](C)O)[C@@H](C)O. The van der Waals surface area contributed by atoms with Gasteiger partial charge in [0.15, 0.2) is 0 Å². The second-order valence-electron chi connectivity index (χ2n) is 26.7. The first-order chi connectivity index (χ1) is 52.0. The Morgan fingerprint density at radius 2 is 0.745 bits per heavy atom. The lowest BCUT2D eigenvalue weighted by atomic mass is 9.99. The second kappa shape index (κ2) is 43.6. The van der Waals surface area contributed by atoms with Crippen LogP contribution in [-0.2, 0) is 96.0 Å². The summed E-state index contributed by atoms with van der Waals surface area (Å²) in [6.07, 6.45) is -4.42. The Labute approximate surface area is 642 Å². The summed E-state index contributed by atoms with van der Waals surface area (Å²) < 4.78 is 0. The fraction of sp³-hybridized carbons (Fsp3) is 0.465. The van der Waals surface area contributed by atoms with Crippen LogP contribution in [0.15, 0.2) is 85.2 Å². The molecule has 0 spiro atoms. The van der Waals surface area contributed by atoms with Crippen LogP contribution in [0.5, 0.6) is 5.75 Å². The van der Waals surface area contributed by atoms with E-state index in [9.17, 15) is 87.5 Å². The Morgan fingerprint density at radius 1 is 0.400 bits per heavy atom. The first-order valence-corrected chi connectivity index (χ1v) is 36.4. The number of H-pyrrole nitrogens is 2. The molecule has 3 aromatic carbocycles. The molecule has 37 nitrogen and oxygen atoms in total. The van der Waals surface area contributed by atoms with Crippen molar-refractivity contribution in [3.8, 4) is 5.75 Å². The van der Waals surface area contributed by atoms with Gasteiger partial charge in [0.25, 0.3) is 0 Å². The van der Waals surface area contributed by atoms with E-state index in [1.807, 2.05) is 13.8 Å². The average molecular weight is 1570 g/mol. The third-order valence-electron chi connectivity index (χ3n) is 17.3. The number of aromatic nitrogens is 2. The number of phenolic OH excluding ortho intramolecular Hbond substituents is 1. The van der Waals surface area contributed by atoms with Crippen molar-refractivity contribution >= 4 is 142 Å². The van der Waals surface area contributed by atoms with E-state index in [1.165, 1.54) is 30.5 Å². The highest BCUT2D eigenvalue weighted by molar-refractivity contribution is 7.80. The number of aliphatic hydroxyl groups excluding tert-OH is 2. The summed E-state index contributed by atoms with van der Waals surface area (Å²) >= 11 is 8.44. The number of aliphatic carboxylic acids is 1. The van der Waals surface area contributed by atoms with Gasteiger partial charge in [-0.25, -0.2) is 0 Å². The molecule has 24 N–H and O–H groups in total. The summed E-state index contributed by atoms with van der Waals surface area (Å²) in [5.41, 5.74) is 18.5. The quantitative estimate of drug-likeness (QED) is 0.0164. The summed E-state index contributed by atoms with van der Waals surface area (Å²) in [7, 11) is 0. The number of benzene rings is 3. The third kappa shape index (κ3) is 28.7. The number of primary amides is 3. The van der Waals surface area contributed by atoms with Crippen LogP contribution in [0.1, 0.15) is 103 Å². The van der Waals surface area contributed by atoms with E-state index < -0.39 is 224 Å². The van der Waals surface area contributed by atoms with E-state index in [-0.39, 0.29) is 49.5 Å². The number of nitrogens with two attached hydrogens (primary N) is 3. The fourth-order valence-electron chi connectivity index (χ4n) is 11.4. The zero-order valence-electron chi connectivity index (χ0n) is 61.0. The number of aromatic amines is 2. The molecule has 0 saturated heterocycles. The van der Waals surface area contributed by atoms with Crippen molar-refractivity contribution < 1.29 is 97.1 Å². The van der Waals surface area contributed by atoms with Gasteiger partial charge in [0.1, 0.15) is 72.2 Å². The highest BCUT2D eigenvalue weighted by Crippen LogP contribution is 2.23. The van der Waals surface area contributed by atoms with E-state index in [0.717, 1.165) is 20.8 Å². The van der Waals surface area contributed by atoms with Crippen LogP contribution >= 0.6 is 25.3 Å². The monoisotopic (exact) mass is 1570 g/mol. The van der Waals surface area contributed by atoms with Crippen LogP contribution in [0.4, 0.5) is 0 Å². The number of thiol groups is 2. The first-order valence-electron chi connectivity index (χ1n) is 35.1. The Hall–Kier alpha value is -11.3. The first kappa shape index (κ1) is 89.3. The maximum absolute atomic E-state index is 15.1. The molecule has 110 heavy (non-hydrogen) atoms. The zero-order chi connectivity index (χ0) is 81.6. The number of amides is 15. The van der Waals surface area contributed by atoms with Crippen molar-refractivity contribution in [3.05, 3.63) is 102 Å². The minimum absolute atomic E-state index is 0.116. The Balaban J connectivity index is 1.48. The van der Waals surface area contributed by atoms with Crippen LogP contribution in [0.2, 0.25) is 0 Å². The van der Waals surface area contributed by atoms with Crippen molar-refractivity contribution in [2.45, 2.75) is 184 Å². The largest absolute Gasteiger partial charge is 0.508 e. The molecule has 5 aromatic rings. The molecule has 0 bridgehead atoms. The fourth-order valence-corrected chi connectivity index (χ4v) is 11.9. The molecule has 0 aliphatic carbocycles. The lowest BCUT2D eigenvalue weighted by molar-refractivity contribution is -0.139. The average Bonchev–Trinajstić information content (AvgIpc) is 1.64. The minimum atomic E-state index is -1.91. The van der Waals surface area contributed by atoms with Crippen LogP contribution in [0.3, 0.4) is 0 Å². The van der Waals surface area contributed by atoms with Gasteiger partial charge in [-0.15, -0.1) is 0 Å². The van der Waals surface area contributed by atoms with Crippen LogP contribution in [0, 0.1) is 5.92 Å². The molecule has 2 heterocycles. The van der Waals surface area contributed by atoms with Gasteiger partial charge in [0.05, 0.1) is 18.8 Å². The van der Waals surface area contributed by atoms with Gasteiger partial charge < -0.3 is 111 Å². The van der Waals surface area contributed by atoms with Crippen LogP contribution < -0.4 is 81.0 Å². The Bertz CT molecular complexity index is 4120. The van der Waals surface area contributed by atoms with Crippen molar-refractivity contribution in [2.24, 2.45) is 23.1 Å². The molecule has 5 rings (SSSR count). The van der Waals surface area contributed by atoms with Crippen molar-refractivity contribution in [1.29, 1.82) is 0 Å². The van der Waals surface area contributed by atoms with Gasteiger partial charge in [-0.05, 0) is 92.8 Å². The van der Waals surface area contributed by atoms with E-state index in [1.54, 1.807) is 54.7 Å². The number of fused-ring (bicyclic) bond motifs is 2. The van der Waals surface area contributed by atoms with Gasteiger partial charge in [-0.1, -0.05) is 62.4 Å². The summed E-state index contributed by atoms with van der Waals surface area (Å²) in [4.78, 5) is 223. The van der Waals surface area contributed by atoms with Crippen molar-refractivity contribution in [2.75, 3.05) is 18.1 Å². The number of aliphatic hydroxyl groups is 2. The molecule has 598 valence electrons. The lowest BCUT2D eigenvalue weighted by Gasteiger charge is -2.29. The van der Waals surface area contributed by atoms with E-state index in [4.69, 9.17) is 17.2 Å². The molecule has 0 fully saturated rings. The number of carboxylic acids is 1. The maximum Gasteiger partial charge on any atom is 0.303 e. The Morgan fingerprint density at radius 3 is 1.14 bits per heavy atom. The molecule has 0 radical (unpaired) electrons. The van der Waals surface area contributed by atoms with Gasteiger partial charge in [-0.2, -0.15) is 25.3 Å². The number of carbonyl (C=O) groups excluding carboxylic acids is 15. The van der Waals surface area contributed by atoms with Crippen molar-refractivity contribution in [3.63, 3.8) is 0 Å². The number of hydrogen-bond donors (Lipinski definition) is 23. The molecule has 13 atom stereocenters. The van der Waals surface area contributed by atoms with Gasteiger partial charge in [0, 0.05) is 91.2 Å². The molecule has 39 heteroatoms. The zero-order valence-corrected chi connectivity index (χ0v) is 62.8. The van der Waals surface area contributed by atoms with Gasteiger partial charge in [0.2, 0.25) is 88.6 Å². The number of carbonyl (C=O) groups is 16. The molecule has 0 aliphatic rings. The number of carboxylic acid groups (broad SMARTS) is 1. The van der Waals surface area contributed by atoms with E-state index in [0.29, 0.717) is 38.5 Å². The van der Waals surface area contributed by atoms with Gasteiger partial charge >= 0.3 is 5.97 Å². The highest BCUT2D eigenvalue weighted by atomic mass is 32.1. The van der Waals surface area contributed by atoms with Crippen molar-refractivity contribution in [1.82, 2.24) is 73.8 Å². The molecule has 0 saturated carbocycles. The second-order valence-corrected chi connectivity index (χ2v) is 27.4. The summed E-state index contributed by atoms with van der Waals surface area (Å²) in [6, 6.07) is 0.867. The molecule has 15 amide bonds. The summed E-state index contributed by atoms with van der Waals surface area (Å²) in [5, 5.41) is 72.0. The summed E-state index contributed by atoms with van der Waals surface area (Å²) in [5.74, 6) is -17.7. The van der Waals surface area contributed by atoms with Crippen LogP contribution in [-0.4, -0.2) is 222 Å². The minimum Gasteiger partial charge on any atom is -0.508 e. The predicted octanol–water partition coefficient (Wildman–Crippen LogP) is -4.21. The summed E-state index contributed by atoms with van der Waals surface area (Å²) in [6.45, 7) is 6.32. The number of para-hydroxylation sites is 2. The number of aromatic hydroxyl groups is 1. The van der Waals surface area contributed by atoms with E-state index in [2.05, 4.69) is 99.0 Å². The number of hydrogen-bond acceptors (Lipinski definition) is 21. The topological polar surface area (TPSA) is 608 Å². The smallest absolute Gasteiger partial charge is 0.303 e. The normalized spacial score (nSPS) is 14.7. The third-order valence-corrected chi connectivity index (χ3v) is 18.0. The molecule has 0 unspecified atom stereocenters. The number of nitrogens with one attached hydrogen (secondary N) is 14. The standard InChI is InChI=1S/C71H97N17O20S2/c1-34(2)14-19-46(61(98)79-49(22-25-58(96)97)64(101)87-59(35(3)89)70(107)77-31-57(74)95)80-66(103)51(27-39-29-75-44-12-8-6-10-42(39)44)84-65(102)50(26-38-15-17-41(92)18-16-38)83-69(106)54(33-110)86-62(99)47(20-23-55(72)93)81-67(104)52(28-40-30-76-45-13-9-7-11-43(40)45)85-71(108)60(36(4)90)88-63(100)48(21-24-56(73)94)82-68(105)53(32-109)78-37(5)91/h6-13,15-18,29-30,34-36,46-54,59-60,75-76,89-90,92,109-110H,14,19-28,31-33H2,1-5H3,(H2,72,93)(H2,73,94)(H2,74,95)(H,77,107)(H,78,91)(H,79,98)(H,80,103)(H,81,104)(H,82,105)(H,83,106)(H,84,102)(H,85,108)(H,86,99)(H,87,101)(H,88,100)(H,96,97)/t35-,36-,46+,47+,48+,49+,50+,51+,52+,53+,54+,59+,60+/m1/s1. The molecule has 2 aromatic heterocycles. The maximum atomic E-state index is 15.1. The van der Waals surface area contributed by atoms with Crippen LogP contribution in [0.25, 0.3) is 21.8 Å². The van der Waals surface area contributed by atoms with Gasteiger partial charge in [-0.3, -0.25) is 76.7 Å². The molecule has 0 aliphatic heterocycles. The highest BCUT2D eigenvalue weighted by Gasteiger charge is 2.39. The molecular weight excluding hydrogens is 1480 g/mol.